The van der Waals surface area contributed by atoms with E-state index in [0.29, 0.717) is 43.2 Å². The molecule has 0 spiro atoms. The lowest BCUT2D eigenvalue weighted by Crippen LogP contribution is -2.34. The Balaban J connectivity index is 1.33. The van der Waals surface area contributed by atoms with Gasteiger partial charge in [-0.15, -0.1) is 0 Å². The quantitative estimate of drug-likeness (QED) is 0.241. The van der Waals surface area contributed by atoms with Crippen molar-refractivity contribution in [1.82, 2.24) is 0 Å². The molecule has 1 heterocycles. The summed E-state index contributed by atoms with van der Waals surface area (Å²) >= 11 is 0. The normalized spacial score (nSPS) is 21.1. The van der Waals surface area contributed by atoms with E-state index >= 15 is 0 Å². The van der Waals surface area contributed by atoms with Gasteiger partial charge in [0.05, 0.1) is 36.4 Å². The summed E-state index contributed by atoms with van der Waals surface area (Å²) in [5.41, 5.74) is 0.371. The number of hydrogen-bond donors (Lipinski definition) is 0. The Morgan fingerprint density at radius 2 is 1.72 bits per heavy atom. The molecule has 0 amide bonds. The van der Waals surface area contributed by atoms with Crippen LogP contribution in [0.1, 0.15) is 40.0 Å². The van der Waals surface area contributed by atoms with Gasteiger partial charge in [0.25, 0.3) is 0 Å². The van der Waals surface area contributed by atoms with E-state index in [1.165, 1.54) is 18.2 Å². The monoisotopic (exact) mass is 438 g/mol. The van der Waals surface area contributed by atoms with Crippen LogP contribution in [0.3, 0.4) is 0 Å². The Labute approximate surface area is 184 Å². The molecule has 1 aliphatic carbocycles. The van der Waals surface area contributed by atoms with Gasteiger partial charge in [0, 0.05) is 12.3 Å². The number of epoxide rings is 1. The van der Waals surface area contributed by atoms with E-state index in [1.54, 1.807) is 24.3 Å². The van der Waals surface area contributed by atoms with Crippen LogP contribution in [0.25, 0.3) is 0 Å². The third kappa shape index (κ3) is 5.39. The lowest BCUT2D eigenvalue weighted by molar-refractivity contribution is -0.144. The summed E-state index contributed by atoms with van der Waals surface area (Å²) in [6.07, 6.45) is 3.41. The van der Waals surface area contributed by atoms with Gasteiger partial charge in [-0.2, -0.15) is 0 Å². The van der Waals surface area contributed by atoms with Crippen LogP contribution in [0.5, 0.6) is 17.2 Å². The minimum Gasteiger partial charge on any atom is -0.493 e. The standard InChI is InChI=1S/C24H22O8/c25-12-15-9-17(10-15)24(28)31-20-5-6-22(18(11-20)13-26)32-23(27)16-1-3-19(4-2-16)29-8-7-21-14-30-21/h1-6,11-13,15,17,21H,7-10,14H2. The average molecular weight is 438 g/mol. The fourth-order valence-electron chi connectivity index (χ4n) is 3.33. The zero-order valence-corrected chi connectivity index (χ0v) is 17.2. The SMILES string of the molecule is O=Cc1cc(OC(=O)C2CC(C=O)C2)ccc1OC(=O)c1ccc(OCCC2CO2)cc1. The molecule has 0 aromatic heterocycles. The number of rotatable bonds is 10. The van der Waals surface area contributed by atoms with Crippen LogP contribution in [0.4, 0.5) is 0 Å². The van der Waals surface area contributed by atoms with Crippen LogP contribution in [0.15, 0.2) is 42.5 Å². The van der Waals surface area contributed by atoms with Gasteiger partial charge in [0.2, 0.25) is 0 Å². The molecule has 2 aromatic carbocycles. The van der Waals surface area contributed by atoms with E-state index in [4.69, 9.17) is 18.9 Å². The van der Waals surface area contributed by atoms with Crippen molar-refractivity contribution in [1.29, 1.82) is 0 Å². The molecule has 1 unspecified atom stereocenters. The molecule has 2 fully saturated rings. The summed E-state index contributed by atoms with van der Waals surface area (Å²) in [6.45, 7) is 1.31. The molecule has 1 atom stereocenters. The van der Waals surface area contributed by atoms with E-state index in [2.05, 4.69) is 0 Å². The molecular weight excluding hydrogens is 416 g/mol. The van der Waals surface area contributed by atoms with Crippen molar-refractivity contribution >= 4 is 24.5 Å². The number of esters is 2. The Hall–Kier alpha value is -3.52. The van der Waals surface area contributed by atoms with Gasteiger partial charge in [0.1, 0.15) is 23.5 Å². The van der Waals surface area contributed by atoms with Gasteiger partial charge >= 0.3 is 11.9 Å². The predicted octanol–water partition coefficient (Wildman–Crippen LogP) is 3.02. The maximum Gasteiger partial charge on any atom is 0.343 e. The Bertz CT molecular complexity index is 1000. The molecule has 2 aromatic rings. The van der Waals surface area contributed by atoms with Crippen LogP contribution < -0.4 is 14.2 Å². The maximum atomic E-state index is 12.5. The summed E-state index contributed by atoms with van der Waals surface area (Å²) < 4.78 is 21.3. The lowest BCUT2D eigenvalue weighted by atomic mass is 9.76. The first-order chi connectivity index (χ1) is 15.6. The third-order valence-corrected chi connectivity index (χ3v) is 5.43. The van der Waals surface area contributed by atoms with E-state index < -0.39 is 11.9 Å². The average Bonchev–Trinajstić information content (AvgIpc) is 3.59. The van der Waals surface area contributed by atoms with Gasteiger partial charge in [-0.25, -0.2) is 4.79 Å². The first-order valence-electron chi connectivity index (χ1n) is 10.4. The number of ether oxygens (including phenoxy) is 4. The van der Waals surface area contributed by atoms with Crippen molar-refractivity contribution in [3.05, 3.63) is 53.6 Å². The maximum absolute atomic E-state index is 12.5. The first-order valence-corrected chi connectivity index (χ1v) is 10.4. The van der Waals surface area contributed by atoms with Crippen molar-refractivity contribution < 1.29 is 38.1 Å². The van der Waals surface area contributed by atoms with Crippen molar-refractivity contribution in [2.45, 2.75) is 25.4 Å². The number of benzene rings is 2. The molecule has 8 heteroatoms. The van der Waals surface area contributed by atoms with E-state index in [9.17, 15) is 19.2 Å². The molecule has 0 radical (unpaired) electrons. The molecule has 1 saturated carbocycles. The summed E-state index contributed by atoms with van der Waals surface area (Å²) in [4.78, 5) is 46.7. The van der Waals surface area contributed by atoms with Crippen LogP contribution >= 0.6 is 0 Å². The number of aldehydes is 2. The molecule has 1 aliphatic heterocycles. The first kappa shape index (κ1) is 21.7. The lowest BCUT2D eigenvalue weighted by Gasteiger charge is -2.29. The Morgan fingerprint density at radius 1 is 1.00 bits per heavy atom. The number of carbonyl (C=O) groups excluding carboxylic acids is 4. The molecule has 2 aliphatic rings. The topological polar surface area (TPSA) is 109 Å². The highest BCUT2D eigenvalue weighted by molar-refractivity contribution is 5.93. The minimum absolute atomic E-state index is 0.0548. The van der Waals surface area contributed by atoms with Gasteiger partial charge in [-0.3, -0.25) is 9.59 Å². The molecule has 0 bridgehead atoms. The van der Waals surface area contributed by atoms with E-state index in [1.807, 2.05) is 0 Å². The molecule has 1 saturated heterocycles. The van der Waals surface area contributed by atoms with Gasteiger partial charge in [-0.05, 0) is 55.3 Å². The third-order valence-electron chi connectivity index (χ3n) is 5.43. The second kappa shape index (κ2) is 9.74. The largest absolute Gasteiger partial charge is 0.493 e. The van der Waals surface area contributed by atoms with Crippen molar-refractivity contribution in [3.63, 3.8) is 0 Å². The zero-order chi connectivity index (χ0) is 22.5. The predicted molar refractivity (Wildman–Crippen MR) is 111 cm³/mol. The molecule has 0 N–H and O–H groups in total. The summed E-state index contributed by atoms with van der Waals surface area (Å²) in [5.74, 6) is -0.646. The molecule has 4 rings (SSSR count). The van der Waals surface area contributed by atoms with Crippen molar-refractivity contribution in [2.24, 2.45) is 11.8 Å². The second-order valence-electron chi connectivity index (χ2n) is 7.81. The fourth-order valence-corrected chi connectivity index (χ4v) is 3.33. The van der Waals surface area contributed by atoms with Crippen molar-refractivity contribution in [2.75, 3.05) is 13.2 Å². The molecule has 32 heavy (non-hydrogen) atoms. The minimum atomic E-state index is -0.634. The number of hydrogen-bond acceptors (Lipinski definition) is 8. The molecular formula is C24H22O8. The van der Waals surface area contributed by atoms with Crippen LogP contribution in [0, 0.1) is 11.8 Å². The van der Waals surface area contributed by atoms with Crippen LogP contribution in [-0.4, -0.2) is 43.8 Å². The Morgan fingerprint density at radius 3 is 2.38 bits per heavy atom. The van der Waals surface area contributed by atoms with Gasteiger partial charge in [0.15, 0.2) is 6.29 Å². The van der Waals surface area contributed by atoms with Crippen molar-refractivity contribution in [3.8, 4) is 17.2 Å². The van der Waals surface area contributed by atoms with Crippen LogP contribution in [-0.2, 0) is 14.3 Å². The summed E-state index contributed by atoms with van der Waals surface area (Å²) in [6, 6.07) is 10.7. The number of carbonyl (C=O) groups is 4. The summed E-state index contributed by atoms with van der Waals surface area (Å²) in [5, 5.41) is 0. The highest BCUT2D eigenvalue weighted by Gasteiger charge is 2.35. The second-order valence-corrected chi connectivity index (χ2v) is 7.81. The fraction of sp³-hybridized carbons (Fsp3) is 0.333. The van der Waals surface area contributed by atoms with E-state index in [0.717, 1.165) is 19.3 Å². The van der Waals surface area contributed by atoms with Crippen LogP contribution in [0.2, 0.25) is 0 Å². The smallest absolute Gasteiger partial charge is 0.343 e. The van der Waals surface area contributed by atoms with Gasteiger partial charge in [-0.1, -0.05) is 0 Å². The zero-order valence-electron chi connectivity index (χ0n) is 17.2. The van der Waals surface area contributed by atoms with Gasteiger partial charge < -0.3 is 23.7 Å². The highest BCUT2D eigenvalue weighted by Crippen LogP contribution is 2.34. The van der Waals surface area contributed by atoms with E-state index in [-0.39, 0.29) is 28.9 Å². The Kier molecular flexibility index (Phi) is 6.61. The highest BCUT2D eigenvalue weighted by atomic mass is 16.6. The molecule has 166 valence electrons. The summed E-state index contributed by atoms with van der Waals surface area (Å²) in [7, 11) is 0. The molecule has 8 nitrogen and oxygen atoms in total.